The second-order valence-corrected chi connectivity index (χ2v) is 6.78. The van der Waals surface area contributed by atoms with Crippen molar-refractivity contribution in [3.8, 4) is 0 Å². The summed E-state index contributed by atoms with van der Waals surface area (Å²) >= 11 is -0.279. The van der Waals surface area contributed by atoms with Crippen LogP contribution in [0.1, 0.15) is 22.8 Å². The van der Waals surface area contributed by atoms with Crippen molar-refractivity contribution in [1.82, 2.24) is 0 Å². The monoisotopic (exact) mass is 366 g/mol. The molecular weight excluding hydrogens is 349 g/mol. The highest BCUT2D eigenvalue weighted by Crippen LogP contribution is 2.38. The minimum absolute atomic E-state index is 0.0117. The third kappa shape index (κ3) is 4.10. The fourth-order valence-corrected chi connectivity index (χ4v) is 3.58. The Hall–Kier alpha value is -2.15. The molecule has 2 aromatic carbocycles. The van der Waals surface area contributed by atoms with E-state index in [2.05, 4.69) is 17.1 Å². The Bertz CT molecular complexity index is 792. The number of alkyl halides is 3. The number of rotatable bonds is 4. The number of amides is 1. The van der Waals surface area contributed by atoms with Gasteiger partial charge in [0, 0.05) is 29.4 Å². The van der Waals surface area contributed by atoms with E-state index >= 15 is 0 Å². The van der Waals surface area contributed by atoms with Gasteiger partial charge in [0.2, 0.25) is 0 Å². The zero-order valence-electron chi connectivity index (χ0n) is 13.6. The Kier molecular flexibility index (Phi) is 4.94. The lowest BCUT2D eigenvalue weighted by molar-refractivity contribution is -0.0328. The quantitative estimate of drug-likeness (QED) is 0.779. The molecule has 0 spiro atoms. The van der Waals surface area contributed by atoms with Gasteiger partial charge >= 0.3 is 5.51 Å². The van der Waals surface area contributed by atoms with Crippen molar-refractivity contribution in [2.24, 2.45) is 0 Å². The Morgan fingerprint density at radius 2 is 2.00 bits per heavy atom. The zero-order valence-corrected chi connectivity index (χ0v) is 14.4. The highest BCUT2D eigenvalue weighted by Gasteiger charge is 2.31. The SMILES string of the molecule is CCN1CCc2ccc(NC(=O)c3ccccc3SC(F)(F)F)cc21. The molecule has 0 saturated heterocycles. The van der Waals surface area contributed by atoms with E-state index in [0.717, 1.165) is 25.2 Å². The minimum Gasteiger partial charge on any atom is -0.371 e. The van der Waals surface area contributed by atoms with Gasteiger partial charge in [0.15, 0.2) is 0 Å². The molecule has 1 N–H and O–H groups in total. The predicted octanol–water partition coefficient (Wildman–Crippen LogP) is 4.93. The van der Waals surface area contributed by atoms with Gasteiger partial charge < -0.3 is 10.2 Å². The summed E-state index contributed by atoms with van der Waals surface area (Å²) in [4.78, 5) is 14.6. The van der Waals surface area contributed by atoms with Crippen molar-refractivity contribution < 1.29 is 18.0 Å². The molecule has 1 amide bonds. The summed E-state index contributed by atoms with van der Waals surface area (Å²) in [5, 5.41) is 2.71. The molecule has 3 rings (SSSR count). The molecule has 1 heterocycles. The molecule has 0 atom stereocenters. The van der Waals surface area contributed by atoms with Crippen LogP contribution < -0.4 is 10.2 Å². The van der Waals surface area contributed by atoms with E-state index < -0.39 is 11.4 Å². The van der Waals surface area contributed by atoms with Crippen LogP contribution in [0.5, 0.6) is 0 Å². The summed E-state index contributed by atoms with van der Waals surface area (Å²) in [6, 6.07) is 11.4. The van der Waals surface area contributed by atoms with Gasteiger partial charge in [-0.2, -0.15) is 13.2 Å². The largest absolute Gasteiger partial charge is 0.446 e. The lowest BCUT2D eigenvalue weighted by Gasteiger charge is -2.17. The molecule has 0 unspecified atom stereocenters. The highest BCUT2D eigenvalue weighted by atomic mass is 32.2. The van der Waals surface area contributed by atoms with Crippen LogP contribution in [-0.4, -0.2) is 24.5 Å². The number of hydrogen-bond donors (Lipinski definition) is 1. The number of likely N-dealkylation sites (N-methyl/N-ethyl adjacent to an activating group) is 1. The second kappa shape index (κ2) is 7.00. The molecule has 0 bridgehead atoms. The topological polar surface area (TPSA) is 32.3 Å². The first-order valence-corrected chi connectivity index (χ1v) is 8.73. The number of benzene rings is 2. The van der Waals surface area contributed by atoms with Crippen LogP contribution in [-0.2, 0) is 6.42 Å². The number of carbonyl (C=O) groups excluding carboxylic acids is 1. The number of anilines is 2. The summed E-state index contributed by atoms with van der Waals surface area (Å²) in [6.45, 7) is 3.87. The van der Waals surface area contributed by atoms with E-state index in [4.69, 9.17) is 0 Å². The number of halogens is 3. The average molecular weight is 366 g/mol. The summed E-state index contributed by atoms with van der Waals surface area (Å²) in [5.74, 6) is -0.548. The number of thioether (sulfide) groups is 1. The van der Waals surface area contributed by atoms with Gasteiger partial charge in [0.25, 0.3) is 5.91 Å². The summed E-state index contributed by atoms with van der Waals surface area (Å²) in [6.07, 6.45) is 0.961. The van der Waals surface area contributed by atoms with E-state index in [1.807, 2.05) is 12.1 Å². The van der Waals surface area contributed by atoms with Gasteiger partial charge in [-0.25, -0.2) is 0 Å². The number of nitrogens with zero attached hydrogens (tertiary/aromatic N) is 1. The zero-order chi connectivity index (χ0) is 18.0. The summed E-state index contributed by atoms with van der Waals surface area (Å²) in [7, 11) is 0. The standard InChI is InChI=1S/C18H17F3N2OS/c1-2-23-10-9-12-7-8-13(11-15(12)23)22-17(24)14-5-3-4-6-16(14)25-18(19,20)21/h3-8,11H,2,9-10H2,1H3,(H,22,24). The Labute approximate surface area is 148 Å². The van der Waals surface area contributed by atoms with Crippen molar-refractivity contribution in [2.45, 2.75) is 23.7 Å². The highest BCUT2D eigenvalue weighted by molar-refractivity contribution is 8.00. The molecule has 25 heavy (non-hydrogen) atoms. The van der Waals surface area contributed by atoms with Crippen molar-refractivity contribution in [3.63, 3.8) is 0 Å². The van der Waals surface area contributed by atoms with Gasteiger partial charge in [0.1, 0.15) is 0 Å². The summed E-state index contributed by atoms with van der Waals surface area (Å²) < 4.78 is 38.0. The van der Waals surface area contributed by atoms with Crippen LogP contribution in [0.4, 0.5) is 24.5 Å². The number of hydrogen-bond acceptors (Lipinski definition) is 3. The van der Waals surface area contributed by atoms with Gasteiger partial charge in [0.05, 0.1) is 5.56 Å². The first-order valence-electron chi connectivity index (χ1n) is 7.91. The Balaban J connectivity index is 1.82. The molecule has 1 aliphatic rings. The Morgan fingerprint density at radius 3 is 2.72 bits per heavy atom. The lowest BCUT2D eigenvalue weighted by Crippen LogP contribution is -2.19. The molecule has 2 aromatic rings. The van der Waals surface area contributed by atoms with Crippen LogP contribution in [0.2, 0.25) is 0 Å². The lowest BCUT2D eigenvalue weighted by atomic mass is 10.1. The predicted molar refractivity (Wildman–Crippen MR) is 94.3 cm³/mol. The molecule has 0 saturated carbocycles. The third-order valence-electron chi connectivity index (χ3n) is 4.07. The van der Waals surface area contributed by atoms with Gasteiger partial charge in [-0.15, -0.1) is 0 Å². The van der Waals surface area contributed by atoms with E-state index in [-0.39, 0.29) is 22.2 Å². The second-order valence-electron chi connectivity index (χ2n) is 5.67. The summed E-state index contributed by atoms with van der Waals surface area (Å²) in [5.41, 5.74) is -1.56. The molecule has 0 aliphatic carbocycles. The van der Waals surface area contributed by atoms with Crippen LogP contribution >= 0.6 is 11.8 Å². The number of fused-ring (bicyclic) bond motifs is 1. The first kappa shape index (κ1) is 17.7. The van der Waals surface area contributed by atoms with E-state index in [9.17, 15) is 18.0 Å². The fraction of sp³-hybridized carbons (Fsp3) is 0.278. The molecule has 0 radical (unpaired) electrons. The van der Waals surface area contributed by atoms with Crippen molar-refractivity contribution in [2.75, 3.05) is 23.3 Å². The Morgan fingerprint density at radius 1 is 1.24 bits per heavy atom. The molecule has 0 fully saturated rings. The number of nitrogens with one attached hydrogen (secondary N) is 1. The molecule has 132 valence electrons. The van der Waals surface area contributed by atoms with E-state index in [1.54, 1.807) is 12.1 Å². The van der Waals surface area contributed by atoms with Crippen molar-refractivity contribution in [3.05, 3.63) is 53.6 Å². The van der Waals surface area contributed by atoms with E-state index in [1.165, 1.54) is 23.8 Å². The van der Waals surface area contributed by atoms with Crippen molar-refractivity contribution >= 4 is 29.0 Å². The van der Waals surface area contributed by atoms with Crippen molar-refractivity contribution in [1.29, 1.82) is 0 Å². The first-order chi connectivity index (χ1) is 11.9. The van der Waals surface area contributed by atoms with Gasteiger partial charge in [-0.05, 0) is 54.9 Å². The van der Waals surface area contributed by atoms with Crippen LogP contribution in [0, 0.1) is 0 Å². The molecule has 1 aliphatic heterocycles. The van der Waals surface area contributed by atoms with E-state index in [0.29, 0.717) is 5.69 Å². The molecular formula is C18H17F3N2OS. The number of carbonyl (C=O) groups is 1. The van der Waals surface area contributed by atoms with Crippen LogP contribution in [0.3, 0.4) is 0 Å². The normalized spacial score (nSPS) is 13.7. The smallest absolute Gasteiger partial charge is 0.371 e. The molecule has 0 aromatic heterocycles. The average Bonchev–Trinajstić information content (AvgIpc) is 2.96. The van der Waals surface area contributed by atoms with Crippen LogP contribution in [0.25, 0.3) is 0 Å². The fourth-order valence-electron chi connectivity index (χ4n) is 2.92. The minimum atomic E-state index is -4.44. The molecule has 3 nitrogen and oxygen atoms in total. The maximum absolute atomic E-state index is 12.7. The maximum atomic E-state index is 12.7. The third-order valence-corrected chi connectivity index (χ3v) is 4.88. The van der Waals surface area contributed by atoms with Crippen LogP contribution in [0.15, 0.2) is 47.4 Å². The van der Waals surface area contributed by atoms with Gasteiger partial charge in [-0.1, -0.05) is 18.2 Å². The molecule has 7 heteroatoms. The van der Waals surface area contributed by atoms with Gasteiger partial charge in [-0.3, -0.25) is 4.79 Å². The maximum Gasteiger partial charge on any atom is 0.446 e.